The molecule has 4 nitrogen and oxygen atoms in total. The summed E-state index contributed by atoms with van der Waals surface area (Å²) in [5.41, 5.74) is 0. The normalized spacial score (nSPS) is 9.76. The zero-order valence-corrected chi connectivity index (χ0v) is 12.2. The predicted octanol–water partition coefficient (Wildman–Crippen LogP) is 1.52. The van der Waals surface area contributed by atoms with E-state index >= 15 is 0 Å². The molecule has 4 heteroatoms. The van der Waals surface area contributed by atoms with Crippen LogP contribution in [-0.4, -0.2) is 38.6 Å². The molecule has 17 heavy (non-hydrogen) atoms. The van der Waals surface area contributed by atoms with Crippen molar-refractivity contribution >= 4 is 5.91 Å². The van der Waals surface area contributed by atoms with Crippen molar-refractivity contribution in [2.45, 2.75) is 53.0 Å². The van der Waals surface area contributed by atoms with E-state index in [4.69, 9.17) is 0 Å². The van der Waals surface area contributed by atoms with Crippen LogP contribution in [0.5, 0.6) is 0 Å². The summed E-state index contributed by atoms with van der Waals surface area (Å²) in [5.74, 6) is 0.164. The van der Waals surface area contributed by atoms with Gasteiger partial charge in [0.15, 0.2) is 0 Å². The molecule has 0 fully saturated rings. The summed E-state index contributed by atoms with van der Waals surface area (Å²) in [5, 5.41) is 9.23. The van der Waals surface area contributed by atoms with E-state index in [0.717, 1.165) is 32.5 Å². The summed E-state index contributed by atoms with van der Waals surface area (Å²) < 4.78 is 0. The van der Waals surface area contributed by atoms with E-state index in [1.54, 1.807) is 0 Å². The molecular formula is C13H31N3O. The van der Waals surface area contributed by atoms with Gasteiger partial charge in [-0.3, -0.25) is 4.79 Å². The Morgan fingerprint density at radius 1 is 1.06 bits per heavy atom. The van der Waals surface area contributed by atoms with Gasteiger partial charge >= 0.3 is 0 Å². The third-order valence-corrected chi connectivity index (χ3v) is 2.06. The molecule has 0 aliphatic heterocycles. The first-order chi connectivity index (χ1) is 8.16. The molecule has 3 N–H and O–H groups in total. The molecule has 0 atom stereocenters. The van der Waals surface area contributed by atoms with Crippen LogP contribution in [0.3, 0.4) is 0 Å². The molecule has 0 rings (SSSR count). The van der Waals surface area contributed by atoms with Gasteiger partial charge in [0.1, 0.15) is 0 Å². The van der Waals surface area contributed by atoms with Crippen LogP contribution < -0.4 is 16.0 Å². The molecule has 104 valence electrons. The van der Waals surface area contributed by atoms with Gasteiger partial charge in [0.25, 0.3) is 0 Å². The fourth-order valence-corrected chi connectivity index (χ4v) is 1.22. The van der Waals surface area contributed by atoms with Crippen LogP contribution in [0.2, 0.25) is 0 Å². The molecule has 0 aliphatic carbocycles. The SMILES string of the molecule is CC.CNCCCNC(=O)CCCNC(C)C. The van der Waals surface area contributed by atoms with Gasteiger partial charge in [-0.25, -0.2) is 0 Å². The molecule has 0 aromatic heterocycles. The third kappa shape index (κ3) is 18.0. The Balaban J connectivity index is 0. The number of rotatable bonds is 9. The van der Waals surface area contributed by atoms with Gasteiger partial charge in [-0.1, -0.05) is 27.7 Å². The number of carbonyl (C=O) groups excluding carboxylic acids is 1. The Morgan fingerprint density at radius 2 is 1.71 bits per heavy atom. The van der Waals surface area contributed by atoms with Crippen molar-refractivity contribution in [2.24, 2.45) is 0 Å². The number of hydrogen-bond donors (Lipinski definition) is 3. The van der Waals surface area contributed by atoms with Gasteiger partial charge in [0.05, 0.1) is 0 Å². The second-order valence-electron chi connectivity index (χ2n) is 4.02. The highest BCUT2D eigenvalue weighted by molar-refractivity contribution is 5.75. The number of hydrogen-bond acceptors (Lipinski definition) is 3. The molecule has 0 saturated heterocycles. The van der Waals surface area contributed by atoms with E-state index in [1.807, 2.05) is 20.9 Å². The van der Waals surface area contributed by atoms with Gasteiger partial charge in [-0.05, 0) is 33.0 Å². The monoisotopic (exact) mass is 245 g/mol. The summed E-state index contributed by atoms with van der Waals surface area (Å²) in [7, 11) is 1.92. The Hall–Kier alpha value is -0.610. The van der Waals surface area contributed by atoms with Gasteiger partial charge in [-0.2, -0.15) is 0 Å². The molecule has 0 aromatic rings. The second kappa shape index (κ2) is 15.4. The highest BCUT2D eigenvalue weighted by Crippen LogP contribution is 1.88. The summed E-state index contributed by atoms with van der Waals surface area (Å²) in [4.78, 5) is 11.3. The van der Waals surface area contributed by atoms with Crippen LogP contribution in [0, 0.1) is 0 Å². The van der Waals surface area contributed by atoms with E-state index in [1.165, 1.54) is 0 Å². The van der Waals surface area contributed by atoms with E-state index in [2.05, 4.69) is 29.8 Å². The maximum atomic E-state index is 11.3. The van der Waals surface area contributed by atoms with Crippen LogP contribution in [0.4, 0.5) is 0 Å². The Bertz CT molecular complexity index is 161. The van der Waals surface area contributed by atoms with E-state index in [-0.39, 0.29) is 5.91 Å². The maximum absolute atomic E-state index is 11.3. The maximum Gasteiger partial charge on any atom is 0.220 e. The van der Waals surface area contributed by atoms with Crippen LogP contribution in [0.1, 0.15) is 47.0 Å². The first kappa shape index (κ1) is 18.7. The zero-order chi connectivity index (χ0) is 13.5. The van der Waals surface area contributed by atoms with Gasteiger partial charge in [-0.15, -0.1) is 0 Å². The molecule has 0 unspecified atom stereocenters. The van der Waals surface area contributed by atoms with Gasteiger partial charge in [0, 0.05) is 19.0 Å². The van der Waals surface area contributed by atoms with Crippen LogP contribution in [0.25, 0.3) is 0 Å². The number of nitrogens with one attached hydrogen (secondary N) is 3. The van der Waals surface area contributed by atoms with Crippen molar-refractivity contribution in [3.05, 3.63) is 0 Å². The fourth-order valence-electron chi connectivity index (χ4n) is 1.22. The van der Waals surface area contributed by atoms with E-state index in [0.29, 0.717) is 12.5 Å². The topological polar surface area (TPSA) is 53.2 Å². The van der Waals surface area contributed by atoms with E-state index < -0.39 is 0 Å². The smallest absolute Gasteiger partial charge is 0.220 e. The highest BCUT2D eigenvalue weighted by Gasteiger charge is 2.00. The van der Waals surface area contributed by atoms with Crippen molar-refractivity contribution in [1.29, 1.82) is 0 Å². The van der Waals surface area contributed by atoms with Crippen LogP contribution in [0.15, 0.2) is 0 Å². The standard InChI is InChI=1S/C11H25N3O.C2H6/c1-10(2)13-8-4-6-11(15)14-9-5-7-12-3;1-2/h10,12-13H,4-9H2,1-3H3,(H,14,15);1-2H3. The Labute approximate surface area is 107 Å². The summed E-state index contributed by atoms with van der Waals surface area (Å²) in [6.07, 6.45) is 2.53. The van der Waals surface area contributed by atoms with Crippen molar-refractivity contribution in [2.75, 3.05) is 26.7 Å². The van der Waals surface area contributed by atoms with E-state index in [9.17, 15) is 4.79 Å². The van der Waals surface area contributed by atoms with Crippen LogP contribution in [-0.2, 0) is 4.79 Å². The molecule has 1 amide bonds. The highest BCUT2D eigenvalue weighted by atomic mass is 16.1. The minimum absolute atomic E-state index is 0.164. The minimum atomic E-state index is 0.164. The number of carbonyl (C=O) groups is 1. The van der Waals surface area contributed by atoms with Crippen molar-refractivity contribution in [3.8, 4) is 0 Å². The molecule has 0 spiro atoms. The quantitative estimate of drug-likeness (QED) is 0.540. The lowest BCUT2D eigenvalue weighted by Crippen LogP contribution is -2.28. The lowest BCUT2D eigenvalue weighted by molar-refractivity contribution is -0.121. The summed E-state index contributed by atoms with van der Waals surface area (Å²) >= 11 is 0. The molecule has 0 saturated carbocycles. The van der Waals surface area contributed by atoms with Crippen molar-refractivity contribution in [1.82, 2.24) is 16.0 Å². The van der Waals surface area contributed by atoms with Crippen LogP contribution >= 0.6 is 0 Å². The Kier molecular flexibility index (Phi) is 17.0. The zero-order valence-electron chi connectivity index (χ0n) is 12.2. The average Bonchev–Trinajstić information content (AvgIpc) is 2.33. The molecule has 0 aromatic carbocycles. The predicted molar refractivity (Wildman–Crippen MR) is 75.3 cm³/mol. The molecule has 0 heterocycles. The average molecular weight is 245 g/mol. The van der Waals surface area contributed by atoms with Gasteiger partial charge < -0.3 is 16.0 Å². The lowest BCUT2D eigenvalue weighted by Gasteiger charge is -2.08. The second-order valence-corrected chi connectivity index (χ2v) is 4.02. The minimum Gasteiger partial charge on any atom is -0.356 e. The first-order valence-corrected chi connectivity index (χ1v) is 6.81. The third-order valence-electron chi connectivity index (χ3n) is 2.06. The summed E-state index contributed by atoms with van der Waals surface area (Å²) in [6, 6.07) is 0.503. The van der Waals surface area contributed by atoms with Crippen molar-refractivity contribution < 1.29 is 4.79 Å². The molecular weight excluding hydrogens is 214 g/mol. The molecule has 0 bridgehead atoms. The number of amides is 1. The summed E-state index contributed by atoms with van der Waals surface area (Å²) in [6.45, 7) is 10.9. The first-order valence-electron chi connectivity index (χ1n) is 6.81. The van der Waals surface area contributed by atoms with Gasteiger partial charge in [0.2, 0.25) is 5.91 Å². The molecule has 0 radical (unpaired) electrons. The lowest BCUT2D eigenvalue weighted by atomic mass is 10.2. The van der Waals surface area contributed by atoms with Crippen molar-refractivity contribution in [3.63, 3.8) is 0 Å². The fraction of sp³-hybridized carbons (Fsp3) is 0.923. The largest absolute Gasteiger partial charge is 0.356 e. The Morgan fingerprint density at radius 3 is 2.24 bits per heavy atom. The molecule has 0 aliphatic rings.